The summed E-state index contributed by atoms with van der Waals surface area (Å²) in [4.78, 5) is 43.8. The third kappa shape index (κ3) is 5.61. The molecule has 4 aromatic rings. The Balaban J connectivity index is 1.26. The molecule has 0 radical (unpaired) electrons. The van der Waals surface area contributed by atoms with Gasteiger partial charge in [0.1, 0.15) is 16.5 Å². The van der Waals surface area contributed by atoms with Crippen molar-refractivity contribution in [1.82, 2.24) is 14.3 Å². The SMILES string of the molecule is Cc1c(NC(=O)c2c(NC(=O)CN3Cc4c(F)cc(Br)cc4CC3C)sc3c2CCCC3)c(=O)n(-c2ccccc2)n1C. The molecular formula is C32H33BrFN5O3S. The highest BCUT2D eigenvalue weighted by Gasteiger charge is 2.30. The highest BCUT2D eigenvalue weighted by Crippen LogP contribution is 2.39. The zero-order chi connectivity index (χ0) is 30.4. The van der Waals surface area contributed by atoms with Crippen molar-refractivity contribution in [3.05, 3.63) is 95.9 Å². The van der Waals surface area contributed by atoms with Crippen LogP contribution in [-0.2, 0) is 37.6 Å². The van der Waals surface area contributed by atoms with Gasteiger partial charge in [-0.25, -0.2) is 9.07 Å². The van der Waals surface area contributed by atoms with Crippen molar-refractivity contribution < 1.29 is 14.0 Å². The van der Waals surface area contributed by atoms with Crippen LogP contribution in [0.15, 0.2) is 51.7 Å². The zero-order valence-electron chi connectivity index (χ0n) is 24.3. The number of carbonyl (C=O) groups is 2. The molecule has 0 bridgehead atoms. The molecule has 0 spiro atoms. The van der Waals surface area contributed by atoms with Gasteiger partial charge < -0.3 is 10.6 Å². The molecule has 8 nitrogen and oxygen atoms in total. The van der Waals surface area contributed by atoms with Crippen LogP contribution in [0.2, 0.25) is 0 Å². The van der Waals surface area contributed by atoms with E-state index in [9.17, 15) is 18.8 Å². The van der Waals surface area contributed by atoms with Crippen LogP contribution in [0.5, 0.6) is 0 Å². The van der Waals surface area contributed by atoms with Gasteiger partial charge in [0.15, 0.2) is 0 Å². The number of nitrogens with zero attached hydrogens (tertiary/aromatic N) is 3. The number of para-hydroxylation sites is 1. The van der Waals surface area contributed by atoms with Gasteiger partial charge in [0, 0.05) is 34.5 Å². The lowest BCUT2D eigenvalue weighted by molar-refractivity contribution is -0.118. The second-order valence-electron chi connectivity index (χ2n) is 11.3. The van der Waals surface area contributed by atoms with E-state index in [0.29, 0.717) is 44.9 Å². The van der Waals surface area contributed by atoms with Gasteiger partial charge in [0.25, 0.3) is 11.5 Å². The van der Waals surface area contributed by atoms with Crippen molar-refractivity contribution in [2.45, 2.75) is 58.5 Å². The van der Waals surface area contributed by atoms with Gasteiger partial charge >= 0.3 is 0 Å². The number of hydrogen-bond donors (Lipinski definition) is 2. The van der Waals surface area contributed by atoms with E-state index in [4.69, 9.17) is 0 Å². The number of fused-ring (bicyclic) bond motifs is 2. The Morgan fingerprint density at radius 1 is 1.09 bits per heavy atom. The van der Waals surface area contributed by atoms with Gasteiger partial charge in [-0.3, -0.25) is 24.0 Å². The molecule has 1 aliphatic heterocycles. The quantitative estimate of drug-likeness (QED) is 0.266. The summed E-state index contributed by atoms with van der Waals surface area (Å²) in [6, 6.07) is 12.7. The fraction of sp³-hybridized carbons (Fsp3) is 0.344. The lowest BCUT2D eigenvalue weighted by Crippen LogP contribution is -2.43. The van der Waals surface area contributed by atoms with Crippen LogP contribution >= 0.6 is 27.3 Å². The number of aromatic nitrogens is 2. The Hall–Kier alpha value is -3.54. The standard InChI is InChI=1S/C32H33BrFN5O3S/c1-18-13-20-14-21(33)15-25(34)24(20)16-38(18)17-27(40)35-31-28(23-11-7-8-12-26(23)43-31)30(41)36-29-19(2)37(3)39(32(29)42)22-9-5-4-6-10-22/h4-6,9-10,14-15,18H,7-8,11-13,16-17H2,1-3H3,(H,35,40)(H,36,41). The molecule has 0 fully saturated rings. The maximum atomic E-state index is 14.7. The first-order chi connectivity index (χ1) is 20.6. The Bertz CT molecular complexity index is 1790. The van der Waals surface area contributed by atoms with Crippen molar-refractivity contribution in [3.63, 3.8) is 0 Å². The number of halogens is 2. The summed E-state index contributed by atoms with van der Waals surface area (Å²) < 4.78 is 18.7. The lowest BCUT2D eigenvalue weighted by atomic mass is 9.94. The first-order valence-corrected chi connectivity index (χ1v) is 16.0. The predicted octanol–water partition coefficient (Wildman–Crippen LogP) is 5.96. The van der Waals surface area contributed by atoms with Crippen molar-refractivity contribution in [2.24, 2.45) is 7.05 Å². The summed E-state index contributed by atoms with van der Waals surface area (Å²) in [5.74, 6) is -0.953. The Labute approximate surface area is 261 Å². The molecular weight excluding hydrogens is 633 g/mol. The molecule has 0 saturated heterocycles. The van der Waals surface area contributed by atoms with Gasteiger partial charge in [0.2, 0.25) is 5.91 Å². The van der Waals surface area contributed by atoms with Gasteiger partial charge in [-0.2, -0.15) is 0 Å². The number of aryl methyl sites for hydroxylation is 1. The first-order valence-electron chi connectivity index (χ1n) is 14.4. The van der Waals surface area contributed by atoms with Crippen molar-refractivity contribution in [3.8, 4) is 5.69 Å². The van der Waals surface area contributed by atoms with Gasteiger partial charge in [-0.15, -0.1) is 11.3 Å². The maximum Gasteiger partial charge on any atom is 0.295 e. The fourth-order valence-corrected chi connectivity index (χ4v) is 7.95. The highest BCUT2D eigenvalue weighted by atomic mass is 79.9. The van der Waals surface area contributed by atoms with Crippen LogP contribution in [0.3, 0.4) is 0 Å². The van der Waals surface area contributed by atoms with Gasteiger partial charge in [-0.05, 0) is 81.3 Å². The maximum absolute atomic E-state index is 14.7. The van der Waals surface area contributed by atoms with Crippen molar-refractivity contribution in [1.29, 1.82) is 0 Å². The molecule has 2 aromatic carbocycles. The normalized spacial score (nSPS) is 16.4. The molecule has 1 aliphatic carbocycles. The molecule has 0 saturated carbocycles. The van der Waals surface area contributed by atoms with Crippen molar-refractivity contribution >= 4 is 49.8 Å². The molecule has 1 unspecified atom stereocenters. The predicted molar refractivity (Wildman–Crippen MR) is 171 cm³/mol. The number of anilines is 2. The van der Waals surface area contributed by atoms with E-state index >= 15 is 0 Å². The molecule has 11 heteroatoms. The Morgan fingerprint density at radius 3 is 2.60 bits per heavy atom. The second kappa shape index (κ2) is 11.9. The molecule has 2 aromatic heterocycles. The zero-order valence-corrected chi connectivity index (χ0v) is 26.7. The molecule has 2 N–H and O–H groups in total. The van der Waals surface area contributed by atoms with Crippen molar-refractivity contribution in [2.75, 3.05) is 17.2 Å². The van der Waals surface area contributed by atoms with Crippen LogP contribution < -0.4 is 16.2 Å². The summed E-state index contributed by atoms with van der Waals surface area (Å²) in [6.07, 6.45) is 4.19. The molecule has 1 atom stereocenters. The minimum atomic E-state index is -0.409. The van der Waals surface area contributed by atoms with Gasteiger partial charge in [0.05, 0.1) is 23.5 Å². The number of carbonyl (C=O) groups excluding carboxylic acids is 2. The average molecular weight is 667 g/mol. The number of nitrogens with one attached hydrogen (secondary N) is 2. The minimum Gasteiger partial charge on any atom is -0.316 e. The van der Waals surface area contributed by atoms with E-state index in [2.05, 4.69) is 26.6 Å². The summed E-state index contributed by atoms with van der Waals surface area (Å²) in [6.45, 7) is 4.22. The number of benzene rings is 2. The highest BCUT2D eigenvalue weighted by molar-refractivity contribution is 9.10. The summed E-state index contributed by atoms with van der Waals surface area (Å²) >= 11 is 4.80. The van der Waals surface area contributed by atoms with Crippen LogP contribution in [0, 0.1) is 12.7 Å². The third-order valence-corrected chi connectivity index (χ3v) is 10.2. The third-order valence-electron chi connectivity index (χ3n) is 8.54. The minimum absolute atomic E-state index is 0.0408. The van der Waals surface area contributed by atoms with Crippen LogP contribution in [0.1, 0.15) is 57.4 Å². The number of rotatable bonds is 6. The molecule has 3 heterocycles. The molecule has 224 valence electrons. The molecule has 6 rings (SSSR count). The second-order valence-corrected chi connectivity index (χ2v) is 13.4. The number of hydrogen-bond acceptors (Lipinski definition) is 5. The van der Waals surface area contributed by atoms with Crippen LogP contribution in [0.4, 0.5) is 15.1 Å². The summed E-state index contributed by atoms with van der Waals surface area (Å²) in [5, 5.41) is 6.39. The van der Waals surface area contributed by atoms with E-state index in [-0.39, 0.29) is 35.6 Å². The monoisotopic (exact) mass is 665 g/mol. The average Bonchev–Trinajstić information content (AvgIpc) is 3.43. The van der Waals surface area contributed by atoms with Gasteiger partial charge in [-0.1, -0.05) is 34.1 Å². The van der Waals surface area contributed by atoms with Crippen LogP contribution in [0.25, 0.3) is 5.69 Å². The van der Waals surface area contributed by atoms with Crippen LogP contribution in [-0.4, -0.2) is 38.7 Å². The number of thiophene rings is 1. The van der Waals surface area contributed by atoms with E-state index in [1.807, 2.05) is 48.2 Å². The fourth-order valence-electron chi connectivity index (χ4n) is 6.17. The topological polar surface area (TPSA) is 88.4 Å². The number of amides is 2. The molecule has 2 amide bonds. The summed E-state index contributed by atoms with van der Waals surface area (Å²) in [7, 11) is 1.78. The summed E-state index contributed by atoms with van der Waals surface area (Å²) in [5.41, 5.74) is 4.12. The first kappa shape index (κ1) is 29.5. The lowest BCUT2D eigenvalue weighted by Gasteiger charge is -2.34. The molecule has 43 heavy (non-hydrogen) atoms. The largest absolute Gasteiger partial charge is 0.316 e. The van der Waals surface area contributed by atoms with E-state index in [1.165, 1.54) is 22.1 Å². The Morgan fingerprint density at radius 2 is 1.84 bits per heavy atom. The Kier molecular flexibility index (Phi) is 8.14. The smallest absolute Gasteiger partial charge is 0.295 e. The van der Waals surface area contributed by atoms with E-state index < -0.39 is 5.91 Å². The van der Waals surface area contributed by atoms with E-state index in [0.717, 1.165) is 41.7 Å². The van der Waals surface area contributed by atoms with E-state index in [1.54, 1.807) is 18.7 Å². The molecule has 2 aliphatic rings.